The average Bonchev–Trinajstić information content (AvgIpc) is 3.50. The molecule has 1 aromatic rings. The number of esters is 1. The van der Waals surface area contributed by atoms with E-state index in [1.807, 2.05) is 40.7 Å². The lowest BCUT2D eigenvalue weighted by molar-refractivity contribution is -0.163. The van der Waals surface area contributed by atoms with E-state index in [0.29, 0.717) is 24.6 Å². The predicted octanol–water partition coefficient (Wildman–Crippen LogP) is 3.42. The third kappa shape index (κ3) is 7.05. The standard InChI is InChI=1S/C28H46N4O5/c1-19(2)25(26(34)32-12-6-7-22(32)27(35)36-28(3,4)5)23-17-24(29-37-23)31-15-8-20(9-16-31)18-30-13-10-21(33)11-14-30/h17,19-22,25,33H,6-16,18H2,1-5H3. The highest BCUT2D eigenvalue weighted by Gasteiger charge is 2.42. The number of ether oxygens (including phenoxy) is 1. The molecule has 0 bridgehead atoms. The maximum atomic E-state index is 13.7. The van der Waals surface area contributed by atoms with Gasteiger partial charge in [0, 0.05) is 45.3 Å². The average molecular weight is 519 g/mol. The maximum Gasteiger partial charge on any atom is 0.329 e. The lowest BCUT2D eigenvalue weighted by Crippen LogP contribution is -2.46. The zero-order chi connectivity index (χ0) is 26.7. The molecule has 3 fully saturated rings. The first kappa shape index (κ1) is 27.9. The summed E-state index contributed by atoms with van der Waals surface area (Å²) in [7, 11) is 0. The predicted molar refractivity (Wildman–Crippen MR) is 141 cm³/mol. The van der Waals surface area contributed by atoms with Crippen LogP contribution in [-0.2, 0) is 14.3 Å². The van der Waals surface area contributed by atoms with Gasteiger partial charge in [-0.05, 0) is 71.1 Å². The highest BCUT2D eigenvalue weighted by atomic mass is 16.6. The number of rotatable bonds is 7. The third-order valence-electron chi connectivity index (χ3n) is 7.98. The van der Waals surface area contributed by atoms with Gasteiger partial charge in [-0.25, -0.2) is 4.79 Å². The Kier molecular flexibility index (Phi) is 8.84. The number of aliphatic hydroxyl groups excluding tert-OH is 1. The molecule has 9 nitrogen and oxygen atoms in total. The highest BCUT2D eigenvalue weighted by molar-refractivity contribution is 5.89. The van der Waals surface area contributed by atoms with Crippen molar-refractivity contribution in [2.75, 3.05) is 44.2 Å². The summed E-state index contributed by atoms with van der Waals surface area (Å²) in [5, 5.41) is 14.1. The van der Waals surface area contributed by atoms with Crippen LogP contribution < -0.4 is 4.90 Å². The monoisotopic (exact) mass is 518 g/mol. The molecule has 0 aromatic carbocycles. The van der Waals surface area contributed by atoms with Gasteiger partial charge in [-0.3, -0.25) is 4.79 Å². The number of aromatic nitrogens is 1. The topological polar surface area (TPSA) is 99.4 Å². The molecule has 37 heavy (non-hydrogen) atoms. The van der Waals surface area contributed by atoms with Crippen LogP contribution >= 0.6 is 0 Å². The largest absolute Gasteiger partial charge is 0.458 e. The maximum absolute atomic E-state index is 13.7. The summed E-state index contributed by atoms with van der Waals surface area (Å²) in [5.41, 5.74) is -0.588. The number of amides is 1. The number of carbonyl (C=O) groups excluding carboxylic acids is 2. The minimum atomic E-state index is -0.588. The van der Waals surface area contributed by atoms with Crippen LogP contribution in [0.25, 0.3) is 0 Å². The molecule has 2 unspecified atom stereocenters. The van der Waals surface area contributed by atoms with E-state index in [-0.39, 0.29) is 23.9 Å². The number of carbonyl (C=O) groups is 2. The summed E-state index contributed by atoms with van der Waals surface area (Å²) in [6, 6.07) is 1.38. The van der Waals surface area contributed by atoms with Gasteiger partial charge in [-0.1, -0.05) is 19.0 Å². The number of likely N-dealkylation sites (tertiary alicyclic amines) is 2. The van der Waals surface area contributed by atoms with Crippen molar-refractivity contribution < 1.29 is 24.0 Å². The Morgan fingerprint density at radius 2 is 1.76 bits per heavy atom. The van der Waals surface area contributed by atoms with Gasteiger partial charge in [0.15, 0.2) is 11.6 Å². The van der Waals surface area contributed by atoms with Crippen LogP contribution in [0, 0.1) is 11.8 Å². The van der Waals surface area contributed by atoms with E-state index in [2.05, 4.69) is 15.0 Å². The molecule has 208 valence electrons. The van der Waals surface area contributed by atoms with Crippen molar-refractivity contribution in [1.29, 1.82) is 0 Å². The Hall–Kier alpha value is -2.13. The van der Waals surface area contributed by atoms with Crippen LogP contribution in [0.15, 0.2) is 10.6 Å². The van der Waals surface area contributed by atoms with Crippen molar-refractivity contribution in [2.45, 2.75) is 96.8 Å². The van der Waals surface area contributed by atoms with Gasteiger partial charge >= 0.3 is 5.97 Å². The zero-order valence-electron chi connectivity index (χ0n) is 23.3. The number of nitrogens with zero attached hydrogens (tertiary/aromatic N) is 4. The zero-order valence-corrected chi connectivity index (χ0v) is 23.3. The Balaban J connectivity index is 1.36. The van der Waals surface area contributed by atoms with E-state index in [0.717, 1.165) is 70.6 Å². The molecule has 4 rings (SSSR count). The van der Waals surface area contributed by atoms with Gasteiger partial charge in [0.25, 0.3) is 0 Å². The van der Waals surface area contributed by atoms with Gasteiger partial charge in [-0.15, -0.1) is 0 Å². The summed E-state index contributed by atoms with van der Waals surface area (Å²) >= 11 is 0. The van der Waals surface area contributed by atoms with Gasteiger partial charge < -0.3 is 29.1 Å². The molecule has 3 aliphatic heterocycles. The second kappa shape index (κ2) is 11.7. The summed E-state index contributed by atoms with van der Waals surface area (Å²) in [4.78, 5) is 32.9. The van der Waals surface area contributed by atoms with E-state index < -0.39 is 17.6 Å². The molecule has 0 radical (unpaired) electrons. The van der Waals surface area contributed by atoms with Gasteiger partial charge in [0.1, 0.15) is 17.6 Å². The van der Waals surface area contributed by atoms with E-state index in [9.17, 15) is 14.7 Å². The van der Waals surface area contributed by atoms with E-state index in [1.165, 1.54) is 0 Å². The fourth-order valence-electron chi connectivity index (χ4n) is 5.95. The SMILES string of the molecule is CC(C)C(C(=O)N1CCCC1C(=O)OC(C)(C)C)c1cc(N2CCC(CN3CCC(O)CC3)CC2)no1. The Labute approximate surface area is 221 Å². The summed E-state index contributed by atoms with van der Waals surface area (Å²) in [5.74, 6) is 1.11. The van der Waals surface area contributed by atoms with Crippen LogP contribution in [0.2, 0.25) is 0 Å². The van der Waals surface area contributed by atoms with Crippen LogP contribution in [0.4, 0.5) is 5.82 Å². The quantitative estimate of drug-likeness (QED) is 0.548. The van der Waals surface area contributed by atoms with E-state index in [1.54, 1.807) is 4.90 Å². The molecular weight excluding hydrogens is 472 g/mol. The first-order valence-corrected chi connectivity index (χ1v) is 14.2. The molecule has 1 aromatic heterocycles. The van der Waals surface area contributed by atoms with Crippen LogP contribution in [0.3, 0.4) is 0 Å². The van der Waals surface area contributed by atoms with Crippen molar-refractivity contribution in [3.05, 3.63) is 11.8 Å². The molecule has 3 saturated heterocycles. The number of aliphatic hydroxyl groups is 1. The summed E-state index contributed by atoms with van der Waals surface area (Å²) < 4.78 is 11.4. The molecule has 3 aliphatic rings. The summed E-state index contributed by atoms with van der Waals surface area (Å²) in [6.45, 7) is 15.0. The molecule has 2 atom stereocenters. The fourth-order valence-corrected chi connectivity index (χ4v) is 5.95. The molecule has 0 saturated carbocycles. The van der Waals surface area contributed by atoms with Crippen molar-refractivity contribution in [2.24, 2.45) is 11.8 Å². The van der Waals surface area contributed by atoms with Crippen molar-refractivity contribution >= 4 is 17.7 Å². The summed E-state index contributed by atoms with van der Waals surface area (Å²) in [6.07, 6.45) is 5.24. The molecule has 1 amide bonds. The lowest BCUT2D eigenvalue weighted by Gasteiger charge is -2.36. The molecule has 0 aliphatic carbocycles. The normalized spacial score (nSPS) is 23.6. The third-order valence-corrected chi connectivity index (χ3v) is 7.98. The number of hydrogen-bond acceptors (Lipinski definition) is 8. The second-order valence-electron chi connectivity index (χ2n) is 12.5. The molecule has 0 spiro atoms. The van der Waals surface area contributed by atoms with Gasteiger partial charge in [-0.2, -0.15) is 0 Å². The van der Waals surface area contributed by atoms with Crippen LogP contribution in [0.1, 0.15) is 84.8 Å². The Morgan fingerprint density at radius 3 is 2.38 bits per heavy atom. The van der Waals surface area contributed by atoms with E-state index >= 15 is 0 Å². The molecular formula is C28H46N4O5. The fraction of sp³-hybridized carbons (Fsp3) is 0.821. The minimum absolute atomic E-state index is 0.00184. The Morgan fingerprint density at radius 1 is 1.08 bits per heavy atom. The molecule has 4 heterocycles. The Bertz CT molecular complexity index is 910. The number of piperidine rings is 2. The van der Waals surface area contributed by atoms with E-state index in [4.69, 9.17) is 9.26 Å². The number of hydrogen-bond donors (Lipinski definition) is 1. The molecule has 9 heteroatoms. The van der Waals surface area contributed by atoms with Crippen molar-refractivity contribution in [3.63, 3.8) is 0 Å². The van der Waals surface area contributed by atoms with Gasteiger partial charge in [0.05, 0.1) is 6.10 Å². The van der Waals surface area contributed by atoms with Crippen molar-refractivity contribution in [3.8, 4) is 0 Å². The molecule has 1 N–H and O–H groups in total. The minimum Gasteiger partial charge on any atom is -0.458 e. The highest BCUT2D eigenvalue weighted by Crippen LogP contribution is 2.34. The van der Waals surface area contributed by atoms with Crippen molar-refractivity contribution in [1.82, 2.24) is 15.0 Å². The first-order valence-electron chi connectivity index (χ1n) is 14.2. The second-order valence-corrected chi connectivity index (χ2v) is 12.5. The lowest BCUT2D eigenvalue weighted by atomic mass is 9.91. The van der Waals surface area contributed by atoms with Gasteiger partial charge in [0.2, 0.25) is 5.91 Å². The van der Waals surface area contributed by atoms with Crippen LogP contribution in [0.5, 0.6) is 0 Å². The smallest absolute Gasteiger partial charge is 0.329 e. The first-order chi connectivity index (χ1) is 17.5. The van der Waals surface area contributed by atoms with Crippen LogP contribution in [-0.4, -0.2) is 89.0 Å². The number of anilines is 1.